The van der Waals surface area contributed by atoms with Gasteiger partial charge in [0.05, 0.1) is 12.0 Å². The van der Waals surface area contributed by atoms with E-state index in [1.807, 2.05) is 13.8 Å². The summed E-state index contributed by atoms with van der Waals surface area (Å²) < 4.78 is 5.32. The lowest BCUT2D eigenvalue weighted by Crippen LogP contribution is -2.45. The Labute approximate surface area is 108 Å². The fourth-order valence-electron chi connectivity index (χ4n) is 2.44. The molecule has 18 heavy (non-hydrogen) atoms. The molecule has 0 aromatic carbocycles. The fraction of sp³-hybridized carbons (Fsp3) is 0.846. The van der Waals surface area contributed by atoms with Gasteiger partial charge in [-0.3, -0.25) is 4.79 Å². The normalized spacial score (nSPS) is 24.4. The predicted molar refractivity (Wildman–Crippen MR) is 67.3 cm³/mol. The predicted octanol–water partition coefficient (Wildman–Crippen LogP) is 2.35. The first kappa shape index (κ1) is 14.8. The van der Waals surface area contributed by atoms with Crippen molar-refractivity contribution in [2.75, 3.05) is 6.54 Å². The van der Waals surface area contributed by atoms with Crippen LogP contribution in [0, 0.1) is 11.8 Å². The lowest BCUT2D eigenvalue weighted by molar-refractivity contribution is -0.142. The van der Waals surface area contributed by atoms with E-state index in [1.54, 1.807) is 25.7 Å². The summed E-state index contributed by atoms with van der Waals surface area (Å²) in [5.74, 6) is -1.22. The van der Waals surface area contributed by atoms with Gasteiger partial charge in [-0.1, -0.05) is 13.8 Å². The number of aliphatic carboxylic acids is 1. The Bertz CT molecular complexity index is 332. The van der Waals surface area contributed by atoms with Crippen molar-refractivity contribution < 1.29 is 19.4 Å². The molecule has 0 spiro atoms. The largest absolute Gasteiger partial charge is 0.481 e. The zero-order valence-corrected chi connectivity index (χ0v) is 11.8. The molecule has 104 valence electrons. The fourth-order valence-corrected chi connectivity index (χ4v) is 2.44. The molecule has 1 aliphatic heterocycles. The molecule has 1 N–H and O–H groups in total. The van der Waals surface area contributed by atoms with Crippen LogP contribution in [0.15, 0.2) is 0 Å². The summed E-state index contributed by atoms with van der Waals surface area (Å²) in [4.78, 5) is 24.8. The maximum atomic E-state index is 12.1. The van der Waals surface area contributed by atoms with E-state index in [-0.39, 0.29) is 12.0 Å². The highest BCUT2D eigenvalue weighted by Crippen LogP contribution is 2.31. The van der Waals surface area contributed by atoms with Crippen molar-refractivity contribution in [3.63, 3.8) is 0 Å². The van der Waals surface area contributed by atoms with Crippen molar-refractivity contribution >= 4 is 12.1 Å². The lowest BCUT2D eigenvalue weighted by atomic mass is 9.91. The lowest BCUT2D eigenvalue weighted by Gasteiger charge is -2.31. The molecule has 1 aliphatic rings. The van der Waals surface area contributed by atoms with Gasteiger partial charge in [0, 0.05) is 6.54 Å². The van der Waals surface area contributed by atoms with E-state index in [0.29, 0.717) is 13.0 Å². The third kappa shape index (κ3) is 3.37. The quantitative estimate of drug-likeness (QED) is 0.824. The van der Waals surface area contributed by atoms with Crippen molar-refractivity contribution in [2.45, 2.75) is 52.7 Å². The van der Waals surface area contributed by atoms with E-state index >= 15 is 0 Å². The molecule has 1 heterocycles. The Balaban J connectivity index is 2.83. The van der Waals surface area contributed by atoms with Gasteiger partial charge in [0.15, 0.2) is 0 Å². The molecule has 0 saturated carbocycles. The van der Waals surface area contributed by atoms with Crippen molar-refractivity contribution in [3.8, 4) is 0 Å². The molecule has 5 heteroatoms. The molecule has 1 saturated heterocycles. The van der Waals surface area contributed by atoms with Gasteiger partial charge in [0.2, 0.25) is 0 Å². The van der Waals surface area contributed by atoms with Crippen LogP contribution in [0.2, 0.25) is 0 Å². The Morgan fingerprint density at radius 1 is 1.33 bits per heavy atom. The van der Waals surface area contributed by atoms with Crippen LogP contribution >= 0.6 is 0 Å². The smallest absolute Gasteiger partial charge is 0.410 e. The molecule has 0 aromatic heterocycles. The second-order valence-corrected chi connectivity index (χ2v) is 6.14. The molecule has 1 fully saturated rings. The van der Waals surface area contributed by atoms with Crippen LogP contribution in [0.25, 0.3) is 0 Å². The highest BCUT2D eigenvalue weighted by atomic mass is 16.6. The third-order valence-corrected chi connectivity index (χ3v) is 3.08. The van der Waals surface area contributed by atoms with Gasteiger partial charge in [-0.2, -0.15) is 0 Å². The second kappa shape index (κ2) is 5.16. The minimum atomic E-state index is -0.834. The summed E-state index contributed by atoms with van der Waals surface area (Å²) in [6, 6.07) is -0.280. The van der Waals surface area contributed by atoms with Crippen molar-refractivity contribution in [1.29, 1.82) is 0 Å². The van der Waals surface area contributed by atoms with E-state index in [2.05, 4.69) is 0 Å². The van der Waals surface area contributed by atoms with E-state index < -0.39 is 23.6 Å². The van der Waals surface area contributed by atoms with E-state index in [1.165, 1.54) is 0 Å². The number of hydrogen-bond donors (Lipinski definition) is 1. The van der Waals surface area contributed by atoms with Crippen molar-refractivity contribution in [3.05, 3.63) is 0 Å². The van der Waals surface area contributed by atoms with Crippen LogP contribution < -0.4 is 0 Å². The standard InChI is InChI=1S/C13H23NO4/c1-8(2)10-9(11(15)16)6-7-14(10)12(17)18-13(3,4)5/h8-10H,6-7H2,1-5H3,(H,15,16)/t9-,10+/m0/s1. The number of hydrogen-bond acceptors (Lipinski definition) is 3. The third-order valence-electron chi connectivity index (χ3n) is 3.08. The Morgan fingerprint density at radius 2 is 1.89 bits per heavy atom. The number of nitrogens with zero attached hydrogens (tertiary/aromatic N) is 1. The highest BCUT2D eigenvalue weighted by molar-refractivity contribution is 5.75. The summed E-state index contributed by atoms with van der Waals surface area (Å²) in [5.41, 5.74) is -0.556. The van der Waals surface area contributed by atoms with E-state index in [9.17, 15) is 14.7 Å². The maximum absolute atomic E-state index is 12.1. The summed E-state index contributed by atoms with van der Waals surface area (Å²) >= 11 is 0. The van der Waals surface area contributed by atoms with Crippen LogP contribution in [-0.4, -0.2) is 40.3 Å². The van der Waals surface area contributed by atoms with Gasteiger partial charge in [-0.25, -0.2) is 4.79 Å². The summed E-state index contributed by atoms with van der Waals surface area (Å²) in [6.07, 6.45) is 0.0854. The van der Waals surface area contributed by atoms with E-state index in [0.717, 1.165) is 0 Å². The molecule has 0 aliphatic carbocycles. The number of rotatable bonds is 2. The van der Waals surface area contributed by atoms with Crippen molar-refractivity contribution in [2.24, 2.45) is 11.8 Å². The zero-order chi connectivity index (χ0) is 14.1. The summed E-state index contributed by atoms with van der Waals surface area (Å²) in [7, 11) is 0. The summed E-state index contributed by atoms with van der Waals surface area (Å²) in [5, 5.41) is 9.19. The number of carbonyl (C=O) groups is 2. The first-order valence-electron chi connectivity index (χ1n) is 6.36. The molecule has 0 aromatic rings. The van der Waals surface area contributed by atoms with Gasteiger partial charge in [0.1, 0.15) is 5.60 Å². The molecular formula is C13H23NO4. The number of likely N-dealkylation sites (tertiary alicyclic amines) is 1. The topological polar surface area (TPSA) is 66.8 Å². The van der Waals surface area contributed by atoms with Gasteiger partial charge >= 0.3 is 12.1 Å². The average molecular weight is 257 g/mol. The van der Waals surface area contributed by atoms with Crippen LogP contribution in [0.5, 0.6) is 0 Å². The van der Waals surface area contributed by atoms with E-state index in [4.69, 9.17) is 4.74 Å². The van der Waals surface area contributed by atoms with Gasteiger partial charge in [-0.15, -0.1) is 0 Å². The summed E-state index contributed by atoms with van der Waals surface area (Å²) in [6.45, 7) is 9.74. The van der Waals surface area contributed by atoms with Crippen LogP contribution in [0.3, 0.4) is 0 Å². The minimum Gasteiger partial charge on any atom is -0.481 e. The van der Waals surface area contributed by atoms with Crippen LogP contribution in [-0.2, 0) is 9.53 Å². The average Bonchev–Trinajstić information content (AvgIpc) is 2.58. The SMILES string of the molecule is CC(C)[C@@H]1[C@@H](C(=O)O)CCN1C(=O)OC(C)(C)C. The molecule has 1 amide bonds. The maximum Gasteiger partial charge on any atom is 0.410 e. The second-order valence-electron chi connectivity index (χ2n) is 6.14. The molecule has 2 atom stereocenters. The molecular weight excluding hydrogens is 234 g/mol. The molecule has 0 bridgehead atoms. The number of ether oxygens (including phenoxy) is 1. The highest BCUT2D eigenvalue weighted by Gasteiger charge is 2.44. The number of carbonyl (C=O) groups excluding carboxylic acids is 1. The van der Waals surface area contributed by atoms with Crippen LogP contribution in [0.4, 0.5) is 4.79 Å². The zero-order valence-electron chi connectivity index (χ0n) is 11.8. The Hall–Kier alpha value is -1.26. The monoisotopic (exact) mass is 257 g/mol. The molecule has 5 nitrogen and oxygen atoms in total. The van der Waals surface area contributed by atoms with Crippen LogP contribution in [0.1, 0.15) is 41.0 Å². The first-order chi connectivity index (χ1) is 8.13. The van der Waals surface area contributed by atoms with Crippen molar-refractivity contribution in [1.82, 2.24) is 4.90 Å². The van der Waals surface area contributed by atoms with Gasteiger partial charge in [0.25, 0.3) is 0 Å². The Kier molecular flexibility index (Phi) is 4.24. The van der Waals surface area contributed by atoms with Gasteiger partial charge in [-0.05, 0) is 33.1 Å². The number of amides is 1. The van der Waals surface area contributed by atoms with Gasteiger partial charge < -0.3 is 14.7 Å². The molecule has 0 unspecified atom stereocenters. The number of carboxylic acids is 1. The molecule has 0 radical (unpaired) electrons. The Morgan fingerprint density at radius 3 is 2.28 bits per heavy atom. The first-order valence-corrected chi connectivity index (χ1v) is 6.36. The minimum absolute atomic E-state index is 0.0983. The number of carboxylic acid groups (broad SMARTS) is 1. The molecule has 1 rings (SSSR count).